The Kier molecular flexibility index (Phi) is 5.02. The lowest BCUT2D eigenvalue weighted by atomic mass is 10.1. The molecule has 1 aromatic heterocycles. The Bertz CT molecular complexity index is 978. The van der Waals surface area contributed by atoms with Gasteiger partial charge in [-0.05, 0) is 43.7 Å². The van der Waals surface area contributed by atoms with Crippen LogP contribution in [-0.4, -0.2) is 23.5 Å². The molecule has 0 fully saturated rings. The quantitative estimate of drug-likeness (QED) is 0.690. The highest BCUT2D eigenvalue weighted by molar-refractivity contribution is 5.96. The number of carbonyl (C=O) groups excluding carboxylic acids is 2. The third-order valence-corrected chi connectivity index (χ3v) is 4.31. The van der Waals surface area contributed by atoms with Crippen LogP contribution in [0.1, 0.15) is 27.2 Å². The zero-order chi connectivity index (χ0) is 18.7. The summed E-state index contributed by atoms with van der Waals surface area (Å²) in [5, 5.41) is 3.47. The minimum absolute atomic E-state index is 0.0385. The molecular weight excluding hydrogens is 335 g/mol. The molecule has 3 aromatic rings. The molecule has 0 atom stereocenters. The molecule has 0 aliphatic rings. The van der Waals surface area contributed by atoms with Crippen molar-refractivity contribution in [3.63, 3.8) is 0 Å². The summed E-state index contributed by atoms with van der Waals surface area (Å²) in [5.74, 6) is -1.46. The summed E-state index contributed by atoms with van der Waals surface area (Å²) in [6.07, 6.45) is 0. The monoisotopic (exact) mass is 354 g/mol. The Hall–Kier alpha value is -3.15. The lowest BCUT2D eigenvalue weighted by Gasteiger charge is -2.07. The second-order valence-corrected chi connectivity index (χ2v) is 6.08. The predicted octanol–water partition coefficient (Wildman–Crippen LogP) is 3.40. The van der Waals surface area contributed by atoms with Crippen LogP contribution < -0.4 is 5.32 Å². The van der Waals surface area contributed by atoms with E-state index in [2.05, 4.69) is 10.3 Å². The summed E-state index contributed by atoms with van der Waals surface area (Å²) in [6.45, 7) is 3.56. The second-order valence-electron chi connectivity index (χ2n) is 6.08. The van der Waals surface area contributed by atoms with Crippen LogP contribution in [0, 0.1) is 19.7 Å². The molecule has 2 N–H and O–H groups in total. The first-order valence-corrected chi connectivity index (χ1v) is 8.22. The largest absolute Gasteiger partial charge is 0.452 e. The average Bonchev–Trinajstić information content (AvgIpc) is 2.92. The lowest BCUT2D eigenvalue weighted by Crippen LogP contribution is -2.28. The van der Waals surface area contributed by atoms with E-state index in [-0.39, 0.29) is 6.54 Å². The fourth-order valence-electron chi connectivity index (χ4n) is 2.69. The van der Waals surface area contributed by atoms with Gasteiger partial charge >= 0.3 is 5.97 Å². The van der Waals surface area contributed by atoms with E-state index >= 15 is 0 Å². The van der Waals surface area contributed by atoms with Gasteiger partial charge in [0.2, 0.25) is 0 Å². The number of amides is 1. The molecule has 0 aliphatic carbocycles. The molecule has 0 spiro atoms. The van der Waals surface area contributed by atoms with Crippen LogP contribution in [0.15, 0.2) is 42.5 Å². The van der Waals surface area contributed by atoms with Gasteiger partial charge in [0.1, 0.15) is 5.82 Å². The summed E-state index contributed by atoms with van der Waals surface area (Å²) in [4.78, 5) is 27.2. The number of hydrogen-bond acceptors (Lipinski definition) is 3. The Morgan fingerprint density at radius 3 is 2.69 bits per heavy atom. The van der Waals surface area contributed by atoms with Gasteiger partial charge in [0.15, 0.2) is 6.61 Å². The number of fused-ring (bicyclic) bond motifs is 1. The van der Waals surface area contributed by atoms with Gasteiger partial charge in [-0.25, -0.2) is 9.18 Å². The molecule has 6 heteroatoms. The first-order chi connectivity index (χ1) is 12.5. The first-order valence-electron chi connectivity index (χ1n) is 8.22. The van der Waals surface area contributed by atoms with Crippen LogP contribution in [-0.2, 0) is 16.1 Å². The van der Waals surface area contributed by atoms with E-state index in [0.717, 1.165) is 22.2 Å². The van der Waals surface area contributed by atoms with Crippen molar-refractivity contribution in [2.24, 2.45) is 0 Å². The Morgan fingerprint density at radius 2 is 1.92 bits per heavy atom. The maximum absolute atomic E-state index is 13.5. The maximum atomic E-state index is 13.5. The molecule has 26 heavy (non-hydrogen) atoms. The van der Waals surface area contributed by atoms with Crippen molar-refractivity contribution in [1.29, 1.82) is 0 Å². The van der Waals surface area contributed by atoms with Gasteiger partial charge in [-0.1, -0.05) is 18.2 Å². The number of esters is 1. The van der Waals surface area contributed by atoms with E-state index in [0.29, 0.717) is 11.1 Å². The normalized spacial score (nSPS) is 10.7. The van der Waals surface area contributed by atoms with Gasteiger partial charge in [0.05, 0.1) is 5.56 Å². The van der Waals surface area contributed by atoms with Crippen molar-refractivity contribution in [3.8, 4) is 0 Å². The minimum atomic E-state index is -0.578. The number of carbonyl (C=O) groups is 2. The zero-order valence-electron chi connectivity index (χ0n) is 14.6. The van der Waals surface area contributed by atoms with Gasteiger partial charge in [-0.2, -0.15) is 0 Å². The smallest absolute Gasteiger partial charge is 0.338 e. The van der Waals surface area contributed by atoms with Crippen molar-refractivity contribution >= 4 is 22.8 Å². The molecule has 5 nitrogen and oxygen atoms in total. The molecule has 0 bridgehead atoms. The maximum Gasteiger partial charge on any atom is 0.338 e. The van der Waals surface area contributed by atoms with Crippen LogP contribution in [0.2, 0.25) is 0 Å². The summed E-state index contributed by atoms with van der Waals surface area (Å²) < 4.78 is 18.5. The fourth-order valence-corrected chi connectivity index (χ4v) is 2.69. The van der Waals surface area contributed by atoms with Crippen molar-refractivity contribution in [1.82, 2.24) is 10.3 Å². The zero-order valence-corrected chi connectivity index (χ0v) is 14.6. The number of aromatic amines is 1. The van der Waals surface area contributed by atoms with Gasteiger partial charge < -0.3 is 15.0 Å². The summed E-state index contributed by atoms with van der Waals surface area (Å²) in [6, 6.07) is 11.4. The highest BCUT2D eigenvalue weighted by Crippen LogP contribution is 2.22. The number of aromatic nitrogens is 1. The van der Waals surface area contributed by atoms with Gasteiger partial charge in [-0.15, -0.1) is 0 Å². The number of H-pyrrole nitrogens is 1. The third kappa shape index (κ3) is 3.74. The molecule has 0 saturated carbocycles. The van der Waals surface area contributed by atoms with Crippen LogP contribution in [0.4, 0.5) is 4.39 Å². The van der Waals surface area contributed by atoms with Crippen molar-refractivity contribution in [2.75, 3.05) is 6.61 Å². The van der Waals surface area contributed by atoms with Crippen LogP contribution in [0.25, 0.3) is 10.9 Å². The van der Waals surface area contributed by atoms with E-state index in [1.165, 1.54) is 6.07 Å². The van der Waals surface area contributed by atoms with E-state index < -0.39 is 24.3 Å². The minimum Gasteiger partial charge on any atom is -0.452 e. The number of halogens is 1. The first kappa shape index (κ1) is 17.7. The van der Waals surface area contributed by atoms with Gasteiger partial charge in [-0.3, -0.25) is 4.79 Å². The van der Waals surface area contributed by atoms with Gasteiger partial charge in [0.25, 0.3) is 5.91 Å². The molecule has 0 saturated heterocycles. The standard InChI is InChI=1S/C20H19FN2O3/c1-12-13(2)23-18-8-7-14(9-16(12)18)20(25)26-11-19(24)22-10-15-5-3-4-6-17(15)21/h3-9,23H,10-11H2,1-2H3,(H,22,24). The van der Waals surface area contributed by atoms with Crippen LogP contribution in [0.5, 0.6) is 0 Å². The number of ether oxygens (including phenoxy) is 1. The van der Waals surface area contributed by atoms with Crippen LogP contribution in [0.3, 0.4) is 0 Å². The molecule has 1 heterocycles. The Balaban J connectivity index is 1.57. The van der Waals surface area contributed by atoms with Crippen LogP contribution >= 0.6 is 0 Å². The highest BCUT2D eigenvalue weighted by Gasteiger charge is 2.13. The number of benzene rings is 2. The molecular formula is C20H19FN2O3. The number of nitrogens with one attached hydrogen (secondary N) is 2. The van der Waals surface area contributed by atoms with E-state index in [1.807, 2.05) is 19.9 Å². The van der Waals surface area contributed by atoms with Gasteiger partial charge in [0, 0.05) is 28.7 Å². The Labute approximate surface area is 150 Å². The SMILES string of the molecule is Cc1[nH]c2ccc(C(=O)OCC(=O)NCc3ccccc3F)cc2c1C. The molecule has 0 unspecified atom stereocenters. The number of rotatable bonds is 5. The summed E-state index contributed by atoms with van der Waals surface area (Å²) in [7, 11) is 0. The average molecular weight is 354 g/mol. The van der Waals surface area contributed by atoms with Crippen molar-refractivity contribution in [2.45, 2.75) is 20.4 Å². The highest BCUT2D eigenvalue weighted by atomic mass is 19.1. The topological polar surface area (TPSA) is 71.2 Å². The van der Waals surface area contributed by atoms with E-state index in [4.69, 9.17) is 4.74 Å². The summed E-state index contributed by atoms with van der Waals surface area (Å²) >= 11 is 0. The molecule has 3 rings (SSSR count). The number of aryl methyl sites for hydroxylation is 2. The molecule has 1 amide bonds. The molecule has 2 aromatic carbocycles. The van der Waals surface area contributed by atoms with Crippen molar-refractivity contribution in [3.05, 3.63) is 70.7 Å². The molecule has 0 radical (unpaired) electrons. The lowest BCUT2D eigenvalue weighted by molar-refractivity contribution is -0.124. The third-order valence-electron chi connectivity index (χ3n) is 4.31. The number of hydrogen-bond donors (Lipinski definition) is 2. The second kappa shape index (κ2) is 7.39. The fraction of sp³-hybridized carbons (Fsp3) is 0.200. The van der Waals surface area contributed by atoms with Crippen molar-refractivity contribution < 1.29 is 18.7 Å². The predicted molar refractivity (Wildman–Crippen MR) is 96.3 cm³/mol. The van der Waals surface area contributed by atoms with E-state index in [9.17, 15) is 14.0 Å². The summed E-state index contributed by atoms with van der Waals surface area (Å²) in [5.41, 5.74) is 3.80. The Morgan fingerprint density at radius 1 is 1.15 bits per heavy atom. The molecule has 0 aliphatic heterocycles. The van der Waals surface area contributed by atoms with E-state index in [1.54, 1.807) is 30.3 Å². The molecule has 134 valence electrons.